The van der Waals surface area contributed by atoms with E-state index in [1.54, 1.807) is 62.6 Å². The summed E-state index contributed by atoms with van der Waals surface area (Å²) in [7, 11) is 1.57. The van der Waals surface area contributed by atoms with Gasteiger partial charge >= 0.3 is 5.97 Å². The summed E-state index contributed by atoms with van der Waals surface area (Å²) in [6.45, 7) is 1.96. The van der Waals surface area contributed by atoms with E-state index in [0.717, 1.165) is 5.56 Å². The van der Waals surface area contributed by atoms with E-state index in [0.29, 0.717) is 22.6 Å². The highest BCUT2D eigenvalue weighted by Crippen LogP contribution is 2.49. The van der Waals surface area contributed by atoms with E-state index in [1.807, 2.05) is 6.07 Å². The van der Waals surface area contributed by atoms with Gasteiger partial charge in [-0.15, -0.1) is 0 Å². The lowest BCUT2D eigenvalue weighted by Gasteiger charge is -2.18. The maximum atomic E-state index is 13.3. The zero-order valence-electron chi connectivity index (χ0n) is 16.3. The minimum absolute atomic E-state index is 0.193. The van der Waals surface area contributed by atoms with E-state index in [9.17, 15) is 14.4 Å². The molecule has 1 aliphatic carbocycles. The summed E-state index contributed by atoms with van der Waals surface area (Å²) in [4.78, 5) is 40.3. The maximum Gasteiger partial charge on any atom is 0.334 e. The van der Waals surface area contributed by atoms with Gasteiger partial charge in [0.25, 0.3) is 0 Å². The molecule has 2 aromatic rings. The molecule has 2 aromatic carbocycles. The van der Waals surface area contributed by atoms with Gasteiger partial charge in [-0.1, -0.05) is 30.3 Å². The molecule has 0 spiro atoms. The summed E-state index contributed by atoms with van der Waals surface area (Å²) in [6.07, 6.45) is 0.193. The van der Waals surface area contributed by atoms with Gasteiger partial charge in [0.1, 0.15) is 5.75 Å². The second kappa shape index (κ2) is 7.54. The van der Waals surface area contributed by atoms with Gasteiger partial charge in [0.2, 0.25) is 11.8 Å². The van der Waals surface area contributed by atoms with Gasteiger partial charge in [-0.25, -0.2) is 9.69 Å². The molecule has 2 atom stereocenters. The van der Waals surface area contributed by atoms with Gasteiger partial charge in [-0.2, -0.15) is 0 Å². The van der Waals surface area contributed by atoms with Crippen molar-refractivity contribution in [1.82, 2.24) is 0 Å². The van der Waals surface area contributed by atoms with Gasteiger partial charge in [-0.3, -0.25) is 9.59 Å². The summed E-state index contributed by atoms with van der Waals surface area (Å²) in [5, 5.41) is 0. The first-order valence-electron chi connectivity index (χ1n) is 9.54. The summed E-state index contributed by atoms with van der Waals surface area (Å²) in [5.74, 6) is -1.69. The van der Waals surface area contributed by atoms with Gasteiger partial charge in [0.15, 0.2) is 0 Å². The first-order valence-corrected chi connectivity index (χ1v) is 9.54. The molecule has 0 radical (unpaired) electrons. The number of para-hydroxylation sites is 1. The monoisotopic (exact) mass is 391 g/mol. The molecule has 1 saturated heterocycles. The summed E-state index contributed by atoms with van der Waals surface area (Å²) >= 11 is 0. The van der Waals surface area contributed by atoms with Crippen LogP contribution in [-0.2, 0) is 19.1 Å². The zero-order valence-corrected chi connectivity index (χ0v) is 16.3. The van der Waals surface area contributed by atoms with E-state index in [-0.39, 0.29) is 24.8 Å². The SMILES string of the molecule is CCOC(=O)C1=C(c2ccc(OC)cc2)[C@H]2C(=O)N(c3ccccc3)C(=O)[C@H]2C1. The molecule has 148 valence electrons. The topological polar surface area (TPSA) is 72.9 Å². The fourth-order valence-electron chi connectivity index (χ4n) is 4.14. The maximum absolute atomic E-state index is 13.3. The van der Waals surface area contributed by atoms with Crippen molar-refractivity contribution in [3.8, 4) is 5.75 Å². The van der Waals surface area contributed by atoms with Crippen molar-refractivity contribution < 1.29 is 23.9 Å². The van der Waals surface area contributed by atoms with Crippen LogP contribution in [0.4, 0.5) is 5.69 Å². The van der Waals surface area contributed by atoms with Crippen LogP contribution in [0.1, 0.15) is 18.9 Å². The van der Waals surface area contributed by atoms with Crippen molar-refractivity contribution in [2.75, 3.05) is 18.6 Å². The Morgan fingerprint density at radius 1 is 1.03 bits per heavy atom. The Balaban J connectivity index is 1.79. The predicted molar refractivity (Wildman–Crippen MR) is 107 cm³/mol. The molecule has 1 fully saturated rings. The quantitative estimate of drug-likeness (QED) is 0.578. The van der Waals surface area contributed by atoms with E-state index in [1.165, 1.54) is 4.90 Å². The van der Waals surface area contributed by atoms with Crippen LogP contribution < -0.4 is 9.64 Å². The van der Waals surface area contributed by atoms with Crippen LogP contribution in [0.3, 0.4) is 0 Å². The largest absolute Gasteiger partial charge is 0.497 e. The van der Waals surface area contributed by atoms with Crippen molar-refractivity contribution in [2.45, 2.75) is 13.3 Å². The number of methoxy groups -OCH3 is 1. The number of hydrogen-bond acceptors (Lipinski definition) is 5. The van der Waals surface area contributed by atoms with Crippen molar-refractivity contribution in [2.24, 2.45) is 11.8 Å². The number of amides is 2. The van der Waals surface area contributed by atoms with Gasteiger partial charge in [0, 0.05) is 5.57 Å². The first kappa shape index (κ1) is 18.9. The average Bonchev–Trinajstić information content (AvgIpc) is 3.25. The number of imide groups is 1. The Kier molecular flexibility index (Phi) is 4.92. The Bertz CT molecular complexity index is 994. The fourth-order valence-corrected chi connectivity index (χ4v) is 4.14. The molecular weight excluding hydrogens is 370 g/mol. The van der Waals surface area contributed by atoms with Crippen LogP contribution in [0.5, 0.6) is 5.75 Å². The summed E-state index contributed by atoms with van der Waals surface area (Å²) < 4.78 is 10.4. The molecule has 0 N–H and O–H groups in total. The number of fused-ring (bicyclic) bond motifs is 1. The van der Waals surface area contributed by atoms with Crippen molar-refractivity contribution >= 4 is 29.0 Å². The van der Waals surface area contributed by atoms with E-state index >= 15 is 0 Å². The lowest BCUT2D eigenvalue weighted by molar-refractivity contribution is -0.138. The van der Waals surface area contributed by atoms with Crippen LogP contribution in [0, 0.1) is 11.8 Å². The van der Waals surface area contributed by atoms with E-state index in [2.05, 4.69) is 0 Å². The standard InChI is InChI=1S/C23H21NO5/c1-3-29-23(27)18-13-17-20(19(18)14-9-11-16(28-2)12-10-14)22(26)24(21(17)25)15-7-5-4-6-8-15/h4-12,17,20H,3,13H2,1-2H3/t17-,20-/m0/s1. The van der Waals surface area contributed by atoms with Crippen molar-refractivity contribution in [3.63, 3.8) is 0 Å². The highest BCUT2D eigenvalue weighted by atomic mass is 16.5. The van der Waals surface area contributed by atoms with Crippen LogP contribution >= 0.6 is 0 Å². The highest BCUT2D eigenvalue weighted by Gasteiger charge is 2.55. The Morgan fingerprint density at radius 3 is 2.34 bits per heavy atom. The van der Waals surface area contributed by atoms with E-state index < -0.39 is 17.8 Å². The van der Waals surface area contributed by atoms with Crippen LogP contribution in [0.15, 0.2) is 60.2 Å². The molecule has 0 unspecified atom stereocenters. The molecule has 6 nitrogen and oxygen atoms in total. The number of esters is 1. The number of rotatable bonds is 5. The third-order valence-corrected chi connectivity index (χ3v) is 5.42. The number of ether oxygens (including phenoxy) is 2. The smallest absolute Gasteiger partial charge is 0.334 e. The lowest BCUT2D eigenvalue weighted by atomic mass is 9.89. The molecule has 1 heterocycles. The molecule has 0 saturated carbocycles. The summed E-state index contributed by atoms with van der Waals surface area (Å²) in [5.41, 5.74) is 2.25. The van der Waals surface area contributed by atoms with Gasteiger partial charge < -0.3 is 9.47 Å². The summed E-state index contributed by atoms with van der Waals surface area (Å²) in [6, 6.07) is 16.0. The Labute approximate surface area is 168 Å². The average molecular weight is 391 g/mol. The zero-order chi connectivity index (χ0) is 20.5. The van der Waals surface area contributed by atoms with Gasteiger partial charge in [-0.05, 0) is 48.7 Å². The van der Waals surface area contributed by atoms with Crippen LogP contribution in [0.2, 0.25) is 0 Å². The van der Waals surface area contributed by atoms with Crippen LogP contribution in [-0.4, -0.2) is 31.5 Å². The number of anilines is 1. The normalized spacial score (nSPS) is 20.8. The molecule has 2 aliphatic rings. The molecule has 4 rings (SSSR count). The second-order valence-corrected chi connectivity index (χ2v) is 6.98. The molecule has 0 bridgehead atoms. The Hall–Kier alpha value is -3.41. The minimum Gasteiger partial charge on any atom is -0.497 e. The minimum atomic E-state index is -0.699. The highest BCUT2D eigenvalue weighted by molar-refractivity contribution is 6.27. The molecule has 6 heteroatoms. The second-order valence-electron chi connectivity index (χ2n) is 6.98. The third-order valence-electron chi connectivity index (χ3n) is 5.42. The molecule has 2 amide bonds. The first-order chi connectivity index (χ1) is 14.1. The number of carbonyl (C=O) groups excluding carboxylic acids is 3. The van der Waals surface area contributed by atoms with Crippen molar-refractivity contribution in [1.29, 1.82) is 0 Å². The van der Waals surface area contributed by atoms with Gasteiger partial charge in [0.05, 0.1) is 31.2 Å². The predicted octanol–water partition coefficient (Wildman–Crippen LogP) is 3.22. The van der Waals surface area contributed by atoms with Crippen molar-refractivity contribution in [3.05, 3.63) is 65.7 Å². The number of benzene rings is 2. The molecular formula is C23H21NO5. The number of carbonyl (C=O) groups is 3. The molecule has 29 heavy (non-hydrogen) atoms. The Morgan fingerprint density at radius 2 is 1.72 bits per heavy atom. The molecule has 1 aliphatic heterocycles. The lowest BCUT2D eigenvalue weighted by Crippen LogP contribution is -2.32. The number of hydrogen-bond donors (Lipinski definition) is 0. The van der Waals surface area contributed by atoms with E-state index in [4.69, 9.17) is 9.47 Å². The molecule has 0 aromatic heterocycles. The fraction of sp³-hybridized carbons (Fsp3) is 0.261. The number of nitrogens with zero attached hydrogens (tertiary/aromatic N) is 1. The third kappa shape index (κ3) is 3.10. The van der Waals surface area contributed by atoms with Crippen LogP contribution in [0.25, 0.3) is 5.57 Å².